The van der Waals surface area contributed by atoms with Crippen molar-refractivity contribution in [3.05, 3.63) is 0 Å². The summed E-state index contributed by atoms with van der Waals surface area (Å²) in [5.41, 5.74) is 5.30. The summed E-state index contributed by atoms with van der Waals surface area (Å²) >= 11 is 0. The van der Waals surface area contributed by atoms with Gasteiger partial charge in [-0.2, -0.15) is 0 Å². The zero-order valence-corrected chi connectivity index (χ0v) is 14.8. The fraction of sp³-hybridized carbons (Fsp3) is 1.00. The van der Waals surface area contributed by atoms with Gasteiger partial charge >= 0.3 is 0 Å². The normalized spacial score (nSPS) is 10.9. The smallest absolute Gasteiger partial charge is 0.150 e. The molecule has 7 heteroatoms. The standard InChI is InChI=1S/C8H19NO2S.C3H9N.2ClH/c1-4-6-12(10,11)7-5-8(2,3)9;1-4(2)3;;/h4-7,9H2,1-3H3;1-3H3;2*1H. The molecule has 0 saturated carbocycles. The summed E-state index contributed by atoms with van der Waals surface area (Å²) in [5.74, 6) is 0.493. The first-order valence-electron chi connectivity index (χ1n) is 5.76. The molecule has 0 rings (SSSR count). The van der Waals surface area contributed by atoms with Gasteiger partial charge in [-0.15, -0.1) is 12.4 Å². The van der Waals surface area contributed by atoms with Crippen LogP contribution in [0.3, 0.4) is 0 Å². The maximum absolute atomic E-state index is 11.2. The van der Waals surface area contributed by atoms with Crippen LogP contribution < -0.4 is 23.0 Å². The lowest BCUT2D eigenvalue weighted by molar-refractivity contribution is -0.836. The Labute approximate surface area is 125 Å². The molecule has 18 heavy (non-hydrogen) atoms. The van der Waals surface area contributed by atoms with E-state index in [1.807, 2.05) is 20.8 Å². The van der Waals surface area contributed by atoms with Crippen molar-refractivity contribution in [3.8, 4) is 0 Å². The third kappa shape index (κ3) is 30.0. The SMILES string of the molecule is CCCS(=O)(=O)CCC(C)(C)N.C[NH+](C)C.Cl.[Cl-]. The fourth-order valence-electron chi connectivity index (χ4n) is 0.832. The third-order valence-corrected chi connectivity index (χ3v) is 3.43. The lowest BCUT2D eigenvalue weighted by Crippen LogP contribution is -3.02. The van der Waals surface area contributed by atoms with Gasteiger partial charge in [0.05, 0.1) is 26.9 Å². The summed E-state index contributed by atoms with van der Waals surface area (Å²) < 4.78 is 22.4. The Hall–Kier alpha value is 0.450. The van der Waals surface area contributed by atoms with E-state index in [1.54, 1.807) is 0 Å². The molecule has 3 N–H and O–H groups in total. The van der Waals surface area contributed by atoms with Crippen LogP contribution in [0, 0.1) is 0 Å². The minimum atomic E-state index is -2.84. The maximum atomic E-state index is 11.2. The molecule has 0 atom stereocenters. The lowest BCUT2D eigenvalue weighted by Gasteiger charge is -2.17. The van der Waals surface area contributed by atoms with Crippen molar-refractivity contribution in [1.29, 1.82) is 0 Å². The summed E-state index contributed by atoms with van der Waals surface area (Å²) in [6, 6.07) is 0. The molecule has 4 nitrogen and oxygen atoms in total. The first-order valence-corrected chi connectivity index (χ1v) is 7.58. The topological polar surface area (TPSA) is 64.6 Å². The van der Waals surface area contributed by atoms with Gasteiger partial charge in [-0.3, -0.25) is 0 Å². The lowest BCUT2D eigenvalue weighted by atomic mass is 10.0. The molecule has 0 amide bonds. The number of halogens is 2. The Morgan fingerprint density at radius 3 is 1.67 bits per heavy atom. The molecule has 0 saturated heterocycles. The summed E-state index contributed by atoms with van der Waals surface area (Å²) in [5, 5.41) is 0. The first kappa shape index (κ1) is 26.9. The maximum Gasteiger partial charge on any atom is 0.150 e. The van der Waals surface area contributed by atoms with Crippen molar-refractivity contribution in [2.75, 3.05) is 32.6 Å². The van der Waals surface area contributed by atoms with Crippen molar-refractivity contribution >= 4 is 22.2 Å². The van der Waals surface area contributed by atoms with Crippen LogP contribution >= 0.6 is 12.4 Å². The van der Waals surface area contributed by atoms with Gasteiger partial charge in [-0.25, -0.2) is 8.42 Å². The van der Waals surface area contributed by atoms with E-state index in [0.717, 1.165) is 0 Å². The summed E-state index contributed by atoms with van der Waals surface area (Å²) in [7, 11) is 3.41. The van der Waals surface area contributed by atoms with Crippen molar-refractivity contribution < 1.29 is 25.7 Å². The Balaban J connectivity index is -0.000000143. The first-order chi connectivity index (χ1) is 7.00. The Kier molecular flexibility index (Phi) is 18.7. The monoisotopic (exact) mass is 324 g/mol. The number of hydrogen-bond acceptors (Lipinski definition) is 3. The van der Waals surface area contributed by atoms with Crippen LogP contribution in [0.4, 0.5) is 0 Å². The summed E-state index contributed by atoms with van der Waals surface area (Å²) in [6.07, 6.45) is 1.22. The van der Waals surface area contributed by atoms with Gasteiger partial charge in [0.25, 0.3) is 0 Å². The van der Waals surface area contributed by atoms with Gasteiger partial charge in [0.1, 0.15) is 9.84 Å². The van der Waals surface area contributed by atoms with E-state index in [4.69, 9.17) is 5.73 Å². The highest BCUT2D eigenvalue weighted by atomic mass is 35.5. The van der Waals surface area contributed by atoms with Gasteiger partial charge in [0.2, 0.25) is 0 Å². The van der Waals surface area contributed by atoms with Gasteiger partial charge in [-0.1, -0.05) is 6.92 Å². The zero-order valence-electron chi connectivity index (χ0n) is 12.4. The molecule has 0 aromatic carbocycles. The molecular weight excluding hydrogens is 295 g/mol. The van der Waals surface area contributed by atoms with Crippen molar-refractivity contribution in [2.24, 2.45) is 5.73 Å². The molecule has 0 radical (unpaired) electrons. The van der Waals surface area contributed by atoms with E-state index < -0.39 is 9.84 Å². The van der Waals surface area contributed by atoms with E-state index in [0.29, 0.717) is 12.8 Å². The number of quaternary nitrogens is 1. The van der Waals surface area contributed by atoms with Crippen LogP contribution in [-0.4, -0.2) is 46.6 Å². The van der Waals surface area contributed by atoms with Gasteiger partial charge < -0.3 is 23.0 Å². The molecule has 0 aliphatic carbocycles. The van der Waals surface area contributed by atoms with Crippen LogP contribution in [0.15, 0.2) is 0 Å². The van der Waals surface area contributed by atoms with Crippen LogP contribution in [0.1, 0.15) is 33.6 Å². The van der Waals surface area contributed by atoms with E-state index in [-0.39, 0.29) is 41.9 Å². The highest BCUT2D eigenvalue weighted by Gasteiger charge is 2.16. The molecule has 0 aromatic heterocycles. The largest absolute Gasteiger partial charge is 1.00 e. The van der Waals surface area contributed by atoms with Crippen molar-refractivity contribution in [1.82, 2.24) is 0 Å². The molecule has 0 bridgehead atoms. The number of nitrogens with two attached hydrogens (primary N) is 1. The van der Waals surface area contributed by atoms with Crippen LogP contribution in [0.2, 0.25) is 0 Å². The predicted octanol–water partition coefficient (Wildman–Crippen LogP) is -2.87. The molecule has 0 spiro atoms. The number of sulfone groups is 1. The molecule has 0 fully saturated rings. The Bertz CT molecular complexity index is 260. The van der Waals surface area contributed by atoms with Crippen LogP contribution in [0.25, 0.3) is 0 Å². The van der Waals surface area contributed by atoms with Gasteiger partial charge in [0, 0.05) is 11.3 Å². The van der Waals surface area contributed by atoms with Crippen molar-refractivity contribution in [3.63, 3.8) is 0 Å². The molecule has 0 aliphatic rings. The van der Waals surface area contributed by atoms with Gasteiger partial charge in [0.15, 0.2) is 0 Å². The Morgan fingerprint density at radius 1 is 1.11 bits per heavy atom. The average Bonchev–Trinajstić information content (AvgIpc) is 1.98. The number of nitrogens with one attached hydrogen (secondary N) is 1. The highest BCUT2D eigenvalue weighted by Crippen LogP contribution is 2.06. The molecule has 0 unspecified atom stereocenters. The average molecular weight is 325 g/mol. The third-order valence-electron chi connectivity index (χ3n) is 1.57. The second kappa shape index (κ2) is 12.5. The molecule has 0 aromatic rings. The van der Waals surface area contributed by atoms with E-state index >= 15 is 0 Å². The van der Waals surface area contributed by atoms with Gasteiger partial charge in [-0.05, 0) is 26.7 Å². The predicted molar refractivity (Wildman–Crippen MR) is 77.8 cm³/mol. The second-order valence-electron chi connectivity index (χ2n) is 5.39. The fourth-order valence-corrected chi connectivity index (χ4v) is 2.49. The minimum absolute atomic E-state index is 0. The van der Waals surface area contributed by atoms with Crippen LogP contribution in [-0.2, 0) is 9.84 Å². The quantitative estimate of drug-likeness (QED) is 0.571. The van der Waals surface area contributed by atoms with E-state index in [2.05, 4.69) is 21.1 Å². The highest BCUT2D eigenvalue weighted by molar-refractivity contribution is 7.91. The molecule has 116 valence electrons. The van der Waals surface area contributed by atoms with Crippen molar-refractivity contribution in [2.45, 2.75) is 39.2 Å². The second-order valence-corrected chi connectivity index (χ2v) is 7.69. The van der Waals surface area contributed by atoms with E-state index in [1.165, 1.54) is 4.90 Å². The number of rotatable bonds is 5. The van der Waals surface area contributed by atoms with Crippen LogP contribution in [0.5, 0.6) is 0 Å². The minimum Gasteiger partial charge on any atom is -1.00 e. The Morgan fingerprint density at radius 2 is 1.44 bits per heavy atom. The summed E-state index contributed by atoms with van der Waals surface area (Å²) in [4.78, 5) is 1.42. The zero-order chi connectivity index (χ0) is 13.4. The van der Waals surface area contributed by atoms with E-state index in [9.17, 15) is 8.42 Å². The molecule has 0 heterocycles. The summed E-state index contributed by atoms with van der Waals surface area (Å²) in [6.45, 7) is 5.55. The molecule has 0 aliphatic heterocycles. The number of hydrogen-bond donors (Lipinski definition) is 2. The molecular formula is C11H30Cl2N2O2S.